The van der Waals surface area contributed by atoms with Gasteiger partial charge in [-0.05, 0) is 42.5 Å². The molecule has 1 fully saturated rings. The minimum Gasteiger partial charge on any atom is -0.497 e. The quantitative estimate of drug-likeness (QED) is 0.713. The lowest BCUT2D eigenvalue weighted by molar-refractivity contribution is -0.125. The van der Waals surface area contributed by atoms with Gasteiger partial charge in [-0.3, -0.25) is 4.79 Å². The van der Waals surface area contributed by atoms with Crippen LogP contribution < -0.4 is 10.1 Å². The van der Waals surface area contributed by atoms with E-state index < -0.39 is 5.41 Å². The highest BCUT2D eigenvalue weighted by Crippen LogP contribution is 2.70. The number of amides is 1. The fourth-order valence-electron chi connectivity index (χ4n) is 5.49. The van der Waals surface area contributed by atoms with E-state index >= 15 is 0 Å². The summed E-state index contributed by atoms with van der Waals surface area (Å²) in [6.07, 6.45) is 1.69. The Morgan fingerprint density at radius 2 is 1.66 bits per heavy atom. The minimum atomic E-state index is -0.711. The lowest BCUT2D eigenvalue weighted by Crippen LogP contribution is -2.48. The second-order valence-electron chi connectivity index (χ2n) is 8.96. The normalized spacial score (nSPS) is 26.3. The summed E-state index contributed by atoms with van der Waals surface area (Å²) < 4.78 is 5.31. The predicted molar refractivity (Wildman–Crippen MR) is 113 cm³/mol. The molecule has 1 N–H and O–H groups in total. The molecule has 2 aliphatic carbocycles. The number of aromatic nitrogens is 2. The molecule has 5 rings (SSSR count). The van der Waals surface area contributed by atoms with E-state index in [1.165, 1.54) is 0 Å². The van der Waals surface area contributed by atoms with Crippen molar-refractivity contribution in [2.75, 3.05) is 12.4 Å². The summed E-state index contributed by atoms with van der Waals surface area (Å²) in [6, 6.07) is 15.4. The van der Waals surface area contributed by atoms with E-state index in [4.69, 9.17) is 14.7 Å². The Kier molecular flexibility index (Phi) is 3.61. The number of fused-ring (bicyclic) bond motifs is 6. The third kappa shape index (κ3) is 2.13. The third-order valence-corrected chi connectivity index (χ3v) is 7.66. The Bertz CT molecular complexity index is 1160. The number of para-hydroxylation sites is 2. The van der Waals surface area contributed by atoms with E-state index in [0.29, 0.717) is 5.75 Å². The van der Waals surface area contributed by atoms with E-state index in [9.17, 15) is 4.79 Å². The van der Waals surface area contributed by atoms with Crippen molar-refractivity contribution >= 4 is 22.6 Å². The van der Waals surface area contributed by atoms with Crippen LogP contribution in [0.5, 0.6) is 5.75 Å². The summed E-state index contributed by atoms with van der Waals surface area (Å²) in [7, 11) is 1.62. The number of ether oxygens (including phenoxy) is 1. The molecule has 2 bridgehead atoms. The van der Waals surface area contributed by atoms with Gasteiger partial charge in [0.15, 0.2) is 0 Å². The number of nitrogens with zero attached hydrogens (tertiary/aromatic N) is 2. The molecule has 148 valence electrons. The molecule has 1 amide bonds. The molecule has 1 aromatic heterocycles. The van der Waals surface area contributed by atoms with Gasteiger partial charge in [0.1, 0.15) is 5.75 Å². The van der Waals surface area contributed by atoms with Crippen LogP contribution in [0.15, 0.2) is 48.5 Å². The maximum atomic E-state index is 13.8. The summed E-state index contributed by atoms with van der Waals surface area (Å²) in [5.74, 6) is 0.705. The smallest absolute Gasteiger partial charge is 0.237 e. The van der Waals surface area contributed by atoms with Crippen molar-refractivity contribution in [3.05, 3.63) is 59.9 Å². The average molecular weight is 387 g/mol. The summed E-state index contributed by atoms with van der Waals surface area (Å²) in [4.78, 5) is 23.8. The second-order valence-corrected chi connectivity index (χ2v) is 8.96. The Balaban J connectivity index is 1.67. The monoisotopic (exact) mass is 387 g/mol. The SMILES string of the molecule is COc1cccc(NC(=O)[C@]23CC[C@@](C)(c4nc5ccccc5nc42)C3(C)C)c1. The highest BCUT2D eigenvalue weighted by molar-refractivity contribution is 6.02. The first-order valence-electron chi connectivity index (χ1n) is 10.1. The predicted octanol–water partition coefficient (Wildman–Crippen LogP) is 4.61. The summed E-state index contributed by atoms with van der Waals surface area (Å²) in [5.41, 5.74) is 3.08. The fourth-order valence-corrected chi connectivity index (χ4v) is 5.49. The lowest BCUT2D eigenvalue weighted by atomic mass is 9.63. The van der Waals surface area contributed by atoms with Crippen molar-refractivity contribution in [1.29, 1.82) is 0 Å². The van der Waals surface area contributed by atoms with Gasteiger partial charge in [0.05, 0.1) is 34.9 Å². The van der Waals surface area contributed by atoms with Gasteiger partial charge in [-0.15, -0.1) is 0 Å². The van der Waals surface area contributed by atoms with Gasteiger partial charge in [-0.1, -0.05) is 39.0 Å². The largest absolute Gasteiger partial charge is 0.497 e. The Morgan fingerprint density at radius 3 is 2.34 bits per heavy atom. The van der Waals surface area contributed by atoms with Crippen molar-refractivity contribution in [2.24, 2.45) is 5.41 Å². The number of nitrogens with one attached hydrogen (secondary N) is 1. The molecule has 2 atom stereocenters. The van der Waals surface area contributed by atoms with Gasteiger partial charge < -0.3 is 10.1 Å². The third-order valence-electron chi connectivity index (χ3n) is 7.66. The van der Waals surface area contributed by atoms with Crippen molar-refractivity contribution in [3.8, 4) is 5.75 Å². The van der Waals surface area contributed by atoms with Gasteiger partial charge in [-0.2, -0.15) is 0 Å². The van der Waals surface area contributed by atoms with Crippen LogP contribution in [-0.2, 0) is 15.6 Å². The molecule has 5 heteroatoms. The van der Waals surface area contributed by atoms with Crippen LogP contribution in [0.4, 0.5) is 5.69 Å². The number of rotatable bonds is 3. The van der Waals surface area contributed by atoms with Crippen LogP contribution in [0.25, 0.3) is 11.0 Å². The highest BCUT2D eigenvalue weighted by atomic mass is 16.5. The summed E-state index contributed by atoms with van der Waals surface area (Å²) >= 11 is 0. The molecule has 1 heterocycles. The molecular formula is C24H25N3O2. The van der Waals surface area contributed by atoms with Gasteiger partial charge in [0.25, 0.3) is 0 Å². The average Bonchev–Trinajstić information content (AvgIpc) is 3.02. The molecule has 1 saturated carbocycles. The molecule has 0 saturated heterocycles. The van der Waals surface area contributed by atoms with Crippen LogP contribution >= 0.6 is 0 Å². The van der Waals surface area contributed by atoms with Crippen molar-refractivity contribution in [1.82, 2.24) is 9.97 Å². The number of methoxy groups -OCH3 is 1. The first kappa shape index (κ1) is 18.1. The second kappa shape index (κ2) is 5.78. The molecule has 5 nitrogen and oxygen atoms in total. The number of hydrogen-bond donors (Lipinski definition) is 1. The van der Waals surface area contributed by atoms with Gasteiger partial charge >= 0.3 is 0 Å². The molecule has 2 aliphatic rings. The molecule has 0 spiro atoms. The van der Waals surface area contributed by atoms with Crippen molar-refractivity contribution in [2.45, 2.75) is 44.4 Å². The molecule has 29 heavy (non-hydrogen) atoms. The topological polar surface area (TPSA) is 64.1 Å². The first-order valence-corrected chi connectivity index (χ1v) is 10.1. The first-order chi connectivity index (χ1) is 13.8. The summed E-state index contributed by atoms with van der Waals surface area (Å²) in [5, 5.41) is 3.15. The standard InChI is InChI=1S/C24H25N3O2/c1-22(2)23(3)12-13-24(22,21(28)25-15-8-7-9-16(14-15)29-4)20-19(23)26-17-10-5-6-11-18(17)27-20/h5-11,14H,12-13H2,1-4H3,(H,25,28)/t23-,24-/m0/s1. The zero-order valence-electron chi connectivity index (χ0n) is 17.2. The number of carbonyl (C=O) groups excluding carboxylic acids is 1. The van der Waals surface area contributed by atoms with Gasteiger partial charge in [-0.25, -0.2) is 9.97 Å². The van der Waals surface area contributed by atoms with Gasteiger partial charge in [0, 0.05) is 17.2 Å². The maximum Gasteiger partial charge on any atom is 0.237 e. The van der Waals surface area contributed by atoms with Crippen LogP contribution in [0.2, 0.25) is 0 Å². The zero-order valence-corrected chi connectivity index (χ0v) is 17.2. The van der Waals surface area contributed by atoms with E-state index in [2.05, 4.69) is 26.1 Å². The van der Waals surface area contributed by atoms with Crippen molar-refractivity contribution in [3.63, 3.8) is 0 Å². The molecule has 0 unspecified atom stereocenters. The maximum absolute atomic E-state index is 13.8. The highest BCUT2D eigenvalue weighted by Gasteiger charge is 2.73. The molecule has 3 aromatic rings. The minimum absolute atomic E-state index is 0.0113. The zero-order chi connectivity index (χ0) is 20.4. The van der Waals surface area contributed by atoms with E-state index in [1.807, 2.05) is 48.5 Å². The molecule has 2 aromatic carbocycles. The number of benzene rings is 2. The van der Waals surface area contributed by atoms with Crippen LogP contribution in [0.1, 0.15) is 45.0 Å². The van der Waals surface area contributed by atoms with E-state index in [0.717, 1.165) is 41.0 Å². The Hall–Kier alpha value is -2.95. The molecule has 0 radical (unpaired) electrons. The van der Waals surface area contributed by atoms with Crippen molar-refractivity contribution < 1.29 is 9.53 Å². The van der Waals surface area contributed by atoms with Crippen LogP contribution in [0, 0.1) is 5.41 Å². The number of hydrogen-bond acceptors (Lipinski definition) is 4. The van der Waals surface area contributed by atoms with E-state index in [-0.39, 0.29) is 16.7 Å². The van der Waals surface area contributed by atoms with Crippen LogP contribution in [-0.4, -0.2) is 23.0 Å². The lowest BCUT2D eigenvalue weighted by Gasteiger charge is -2.39. The number of anilines is 1. The number of carbonyl (C=O) groups is 1. The molecule has 0 aliphatic heterocycles. The van der Waals surface area contributed by atoms with Gasteiger partial charge in [0.2, 0.25) is 5.91 Å². The van der Waals surface area contributed by atoms with E-state index in [1.54, 1.807) is 7.11 Å². The van der Waals surface area contributed by atoms with Crippen LogP contribution in [0.3, 0.4) is 0 Å². The molecular weight excluding hydrogens is 362 g/mol. The summed E-state index contributed by atoms with van der Waals surface area (Å²) in [6.45, 7) is 6.63. The fraction of sp³-hybridized carbons (Fsp3) is 0.375. The Morgan fingerprint density at radius 1 is 0.966 bits per heavy atom. The Labute approximate surface area is 170 Å².